The van der Waals surface area contributed by atoms with E-state index in [-0.39, 0.29) is 18.1 Å². The Labute approximate surface area is 129 Å². The van der Waals surface area contributed by atoms with Crippen LogP contribution in [-0.4, -0.2) is 31.7 Å². The molecule has 0 aromatic heterocycles. The minimum Gasteiger partial charge on any atom is -0.380 e. The van der Waals surface area contributed by atoms with Gasteiger partial charge in [-0.3, -0.25) is 4.79 Å². The quantitative estimate of drug-likeness (QED) is 0.761. The van der Waals surface area contributed by atoms with Gasteiger partial charge in [0.25, 0.3) is 0 Å². The van der Waals surface area contributed by atoms with Crippen LogP contribution in [0.3, 0.4) is 0 Å². The number of amides is 1. The summed E-state index contributed by atoms with van der Waals surface area (Å²) < 4.78 is 6.18. The van der Waals surface area contributed by atoms with E-state index in [9.17, 15) is 4.79 Å². The second kappa shape index (κ2) is 9.10. The predicted molar refractivity (Wildman–Crippen MR) is 84.5 cm³/mol. The van der Waals surface area contributed by atoms with Gasteiger partial charge in [-0.2, -0.15) is 0 Å². The third kappa shape index (κ3) is 6.50. The topological polar surface area (TPSA) is 64.3 Å². The Kier molecular flexibility index (Phi) is 7.80. The fraction of sp³-hybridized carbons (Fsp3) is 0.533. The van der Waals surface area contributed by atoms with E-state index in [2.05, 4.69) is 33.4 Å². The Morgan fingerprint density at radius 1 is 1.40 bits per heavy atom. The summed E-state index contributed by atoms with van der Waals surface area (Å²) in [5.41, 5.74) is 6.77. The lowest BCUT2D eigenvalue weighted by atomic mass is 10.1. The van der Waals surface area contributed by atoms with Gasteiger partial charge in [0.05, 0.1) is 12.5 Å². The monoisotopic (exact) mass is 342 g/mol. The van der Waals surface area contributed by atoms with Gasteiger partial charge in [0, 0.05) is 24.2 Å². The molecule has 0 spiro atoms. The molecule has 0 bridgehead atoms. The van der Waals surface area contributed by atoms with Gasteiger partial charge in [-0.15, -0.1) is 0 Å². The summed E-state index contributed by atoms with van der Waals surface area (Å²) >= 11 is 3.42. The average Bonchev–Trinajstić information content (AvgIpc) is 2.44. The fourth-order valence-corrected chi connectivity index (χ4v) is 2.17. The zero-order valence-electron chi connectivity index (χ0n) is 12.1. The summed E-state index contributed by atoms with van der Waals surface area (Å²) in [5, 5.41) is 2.98. The van der Waals surface area contributed by atoms with Crippen molar-refractivity contribution in [2.24, 2.45) is 5.73 Å². The minimum atomic E-state index is -0.200. The van der Waals surface area contributed by atoms with Crippen LogP contribution in [0.25, 0.3) is 0 Å². The lowest BCUT2D eigenvalue weighted by molar-refractivity contribution is -0.124. The number of aryl methyl sites for hydroxylation is 1. The summed E-state index contributed by atoms with van der Waals surface area (Å²) in [6.07, 6.45) is 1.97. The Morgan fingerprint density at radius 3 is 2.60 bits per heavy atom. The Morgan fingerprint density at radius 2 is 2.05 bits per heavy atom. The molecule has 0 fully saturated rings. The molecule has 1 aromatic rings. The number of nitrogens with one attached hydrogen (secondary N) is 1. The van der Waals surface area contributed by atoms with Gasteiger partial charge in [0.2, 0.25) is 5.91 Å². The first-order chi connectivity index (χ1) is 9.55. The second-order valence-corrected chi connectivity index (χ2v) is 5.85. The molecule has 0 aliphatic carbocycles. The molecule has 0 saturated heterocycles. The van der Waals surface area contributed by atoms with Crippen LogP contribution in [0.15, 0.2) is 28.7 Å². The molecule has 0 aliphatic heterocycles. The molecule has 1 aromatic carbocycles. The molecule has 3 N–H and O–H groups in total. The fourth-order valence-electron chi connectivity index (χ4n) is 1.91. The van der Waals surface area contributed by atoms with E-state index >= 15 is 0 Å². The van der Waals surface area contributed by atoms with E-state index in [0.29, 0.717) is 13.0 Å². The van der Waals surface area contributed by atoms with E-state index in [4.69, 9.17) is 10.5 Å². The maximum absolute atomic E-state index is 11.8. The number of ether oxygens (including phenoxy) is 1. The Bertz CT molecular complexity index is 405. The summed E-state index contributed by atoms with van der Waals surface area (Å²) in [4.78, 5) is 11.8. The highest BCUT2D eigenvalue weighted by molar-refractivity contribution is 9.10. The van der Waals surface area contributed by atoms with Gasteiger partial charge < -0.3 is 15.8 Å². The van der Waals surface area contributed by atoms with Crippen LogP contribution < -0.4 is 11.1 Å². The third-order valence-electron chi connectivity index (χ3n) is 3.20. The van der Waals surface area contributed by atoms with E-state index in [0.717, 1.165) is 17.3 Å². The molecule has 0 heterocycles. The van der Waals surface area contributed by atoms with E-state index in [1.165, 1.54) is 5.56 Å². The van der Waals surface area contributed by atoms with Crippen molar-refractivity contribution in [1.29, 1.82) is 0 Å². The second-order valence-electron chi connectivity index (χ2n) is 4.93. The average molecular weight is 343 g/mol. The number of carbonyl (C=O) groups excluding carboxylic acids is 1. The number of hydrogen-bond donors (Lipinski definition) is 2. The van der Waals surface area contributed by atoms with Crippen molar-refractivity contribution in [3.8, 4) is 0 Å². The molecular weight excluding hydrogens is 320 g/mol. The van der Waals surface area contributed by atoms with Gasteiger partial charge in [0.15, 0.2) is 0 Å². The summed E-state index contributed by atoms with van der Waals surface area (Å²) in [6.45, 7) is 2.37. The van der Waals surface area contributed by atoms with Gasteiger partial charge in [0.1, 0.15) is 0 Å². The van der Waals surface area contributed by atoms with Gasteiger partial charge in [-0.25, -0.2) is 0 Å². The molecule has 20 heavy (non-hydrogen) atoms. The highest BCUT2D eigenvalue weighted by Gasteiger charge is 2.13. The molecule has 5 heteroatoms. The number of nitrogens with two attached hydrogens (primary N) is 1. The van der Waals surface area contributed by atoms with Crippen molar-refractivity contribution in [3.63, 3.8) is 0 Å². The SMILES string of the molecule is COC(CN)CC(=O)NC(C)CCc1ccc(Br)cc1. The predicted octanol–water partition coefficient (Wildman–Crippen LogP) is 2.25. The smallest absolute Gasteiger partial charge is 0.222 e. The number of hydrogen-bond acceptors (Lipinski definition) is 3. The lowest BCUT2D eigenvalue weighted by Crippen LogP contribution is -2.37. The molecule has 2 atom stereocenters. The first kappa shape index (κ1) is 17.1. The molecular formula is C15H23BrN2O2. The van der Waals surface area contributed by atoms with Crippen molar-refractivity contribution in [2.45, 2.75) is 38.3 Å². The Balaban J connectivity index is 2.30. The van der Waals surface area contributed by atoms with Crippen LogP contribution in [0, 0.1) is 0 Å². The first-order valence-electron chi connectivity index (χ1n) is 6.81. The molecule has 0 radical (unpaired) electrons. The van der Waals surface area contributed by atoms with Crippen LogP contribution in [0.5, 0.6) is 0 Å². The van der Waals surface area contributed by atoms with Crippen LogP contribution in [0.2, 0.25) is 0 Å². The maximum atomic E-state index is 11.8. The zero-order valence-corrected chi connectivity index (χ0v) is 13.7. The minimum absolute atomic E-state index is 0.00870. The molecule has 1 rings (SSSR count). The van der Waals surface area contributed by atoms with Crippen molar-refractivity contribution < 1.29 is 9.53 Å². The summed E-state index contributed by atoms with van der Waals surface area (Å²) in [5.74, 6) is -0.00870. The van der Waals surface area contributed by atoms with Crippen molar-refractivity contribution in [1.82, 2.24) is 5.32 Å². The van der Waals surface area contributed by atoms with Crippen molar-refractivity contribution >= 4 is 21.8 Å². The highest BCUT2D eigenvalue weighted by atomic mass is 79.9. The number of methoxy groups -OCH3 is 1. The summed E-state index contributed by atoms with van der Waals surface area (Å²) in [6, 6.07) is 8.38. The van der Waals surface area contributed by atoms with Gasteiger partial charge in [-0.1, -0.05) is 28.1 Å². The lowest BCUT2D eigenvalue weighted by Gasteiger charge is -2.17. The van der Waals surface area contributed by atoms with Crippen LogP contribution in [0.1, 0.15) is 25.3 Å². The number of carbonyl (C=O) groups is 1. The standard InChI is InChI=1S/C15H23BrN2O2/c1-11(18-15(19)9-14(10-17)20-2)3-4-12-5-7-13(16)8-6-12/h5-8,11,14H,3-4,9-10,17H2,1-2H3,(H,18,19). The van der Waals surface area contributed by atoms with Crippen LogP contribution in [0.4, 0.5) is 0 Å². The summed E-state index contributed by atoms with van der Waals surface area (Å²) in [7, 11) is 1.57. The molecule has 1 amide bonds. The first-order valence-corrected chi connectivity index (χ1v) is 7.61. The normalized spacial score (nSPS) is 13.8. The molecule has 0 saturated carbocycles. The molecule has 0 aliphatic rings. The number of benzene rings is 1. The largest absolute Gasteiger partial charge is 0.380 e. The van der Waals surface area contributed by atoms with E-state index < -0.39 is 0 Å². The number of halogens is 1. The van der Waals surface area contributed by atoms with Gasteiger partial charge in [-0.05, 0) is 37.5 Å². The molecule has 112 valence electrons. The van der Waals surface area contributed by atoms with E-state index in [1.54, 1.807) is 7.11 Å². The highest BCUT2D eigenvalue weighted by Crippen LogP contribution is 2.12. The maximum Gasteiger partial charge on any atom is 0.222 e. The zero-order chi connectivity index (χ0) is 15.0. The molecule has 2 unspecified atom stereocenters. The van der Waals surface area contributed by atoms with Crippen molar-refractivity contribution in [3.05, 3.63) is 34.3 Å². The van der Waals surface area contributed by atoms with Crippen molar-refractivity contribution in [2.75, 3.05) is 13.7 Å². The number of rotatable bonds is 8. The molecule has 4 nitrogen and oxygen atoms in total. The third-order valence-corrected chi connectivity index (χ3v) is 3.72. The van der Waals surface area contributed by atoms with Crippen LogP contribution in [-0.2, 0) is 16.0 Å². The van der Waals surface area contributed by atoms with Gasteiger partial charge >= 0.3 is 0 Å². The Hall–Kier alpha value is -0.910. The van der Waals surface area contributed by atoms with Crippen LogP contribution >= 0.6 is 15.9 Å². The van der Waals surface area contributed by atoms with E-state index in [1.807, 2.05) is 19.1 Å².